The fourth-order valence-electron chi connectivity index (χ4n) is 2.45. The predicted molar refractivity (Wildman–Crippen MR) is 94.8 cm³/mol. The summed E-state index contributed by atoms with van der Waals surface area (Å²) in [5.74, 6) is 1.38. The summed E-state index contributed by atoms with van der Waals surface area (Å²) in [7, 11) is 0. The molecule has 0 bridgehead atoms. The van der Waals surface area contributed by atoms with Crippen LogP contribution in [0.3, 0.4) is 0 Å². The van der Waals surface area contributed by atoms with Crippen molar-refractivity contribution in [1.82, 2.24) is 5.32 Å². The zero-order valence-corrected chi connectivity index (χ0v) is 15.3. The van der Waals surface area contributed by atoms with Crippen LogP contribution in [0.2, 0.25) is 0 Å². The number of rotatable bonds is 11. The van der Waals surface area contributed by atoms with Crippen LogP contribution < -0.4 is 5.32 Å². The number of halogens is 1. The Labute approximate surface area is 138 Å². The molecule has 0 aliphatic heterocycles. The van der Waals surface area contributed by atoms with E-state index in [2.05, 4.69) is 66.3 Å². The van der Waals surface area contributed by atoms with Crippen LogP contribution in [-0.4, -0.2) is 26.3 Å². The molecule has 1 unspecified atom stereocenters. The van der Waals surface area contributed by atoms with E-state index in [-0.39, 0.29) is 0 Å². The van der Waals surface area contributed by atoms with Crippen molar-refractivity contribution in [2.45, 2.75) is 40.0 Å². The monoisotopic (exact) mass is 355 g/mol. The first-order chi connectivity index (χ1) is 10.1. The van der Waals surface area contributed by atoms with Crippen molar-refractivity contribution < 1.29 is 4.74 Å². The zero-order valence-electron chi connectivity index (χ0n) is 13.7. The van der Waals surface area contributed by atoms with Gasteiger partial charge in [0, 0.05) is 17.7 Å². The number of ether oxygens (including phenoxy) is 1. The molecule has 0 spiro atoms. The number of nitrogens with one attached hydrogen (secondary N) is 1. The highest BCUT2D eigenvalue weighted by Crippen LogP contribution is 2.21. The standard InChI is InChI=1S/C18H30BrNO/c1-4-21-11-7-8-16(14-20-13-15(2)3)12-17-9-5-6-10-18(17)19/h5-6,9-10,15-16,20H,4,7-8,11-14H2,1-3H3. The average molecular weight is 356 g/mol. The molecule has 21 heavy (non-hydrogen) atoms. The van der Waals surface area contributed by atoms with Gasteiger partial charge in [-0.1, -0.05) is 48.0 Å². The Morgan fingerprint density at radius 3 is 2.62 bits per heavy atom. The van der Waals surface area contributed by atoms with Crippen molar-refractivity contribution in [1.29, 1.82) is 0 Å². The summed E-state index contributed by atoms with van der Waals surface area (Å²) in [6, 6.07) is 8.56. The smallest absolute Gasteiger partial charge is 0.0466 e. The zero-order chi connectivity index (χ0) is 15.5. The van der Waals surface area contributed by atoms with E-state index in [0.29, 0.717) is 11.8 Å². The van der Waals surface area contributed by atoms with E-state index in [0.717, 1.165) is 39.1 Å². The van der Waals surface area contributed by atoms with Crippen molar-refractivity contribution >= 4 is 15.9 Å². The maximum atomic E-state index is 5.47. The summed E-state index contributed by atoms with van der Waals surface area (Å²) in [5.41, 5.74) is 1.41. The summed E-state index contributed by atoms with van der Waals surface area (Å²) in [5, 5.41) is 3.61. The van der Waals surface area contributed by atoms with Crippen LogP contribution in [-0.2, 0) is 11.2 Å². The number of hydrogen-bond donors (Lipinski definition) is 1. The molecule has 1 aromatic rings. The maximum absolute atomic E-state index is 5.47. The molecule has 1 atom stereocenters. The lowest BCUT2D eigenvalue weighted by Crippen LogP contribution is -2.28. The minimum absolute atomic E-state index is 0.669. The van der Waals surface area contributed by atoms with E-state index in [4.69, 9.17) is 4.74 Å². The molecule has 2 nitrogen and oxygen atoms in total. The first-order valence-corrected chi connectivity index (χ1v) is 8.94. The van der Waals surface area contributed by atoms with Gasteiger partial charge in [-0.25, -0.2) is 0 Å². The molecule has 0 fully saturated rings. The lowest BCUT2D eigenvalue weighted by Gasteiger charge is -2.19. The van der Waals surface area contributed by atoms with Gasteiger partial charge in [0.15, 0.2) is 0 Å². The third-order valence-corrected chi connectivity index (χ3v) is 4.33. The average Bonchev–Trinajstić information content (AvgIpc) is 2.45. The first-order valence-electron chi connectivity index (χ1n) is 8.15. The third kappa shape index (κ3) is 8.60. The largest absolute Gasteiger partial charge is 0.382 e. The van der Waals surface area contributed by atoms with E-state index in [1.54, 1.807) is 0 Å². The number of benzene rings is 1. The minimum atomic E-state index is 0.669. The summed E-state index contributed by atoms with van der Waals surface area (Å²) >= 11 is 3.66. The Hall–Kier alpha value is -0.380. The van der Waals surface area contributed by atoms with E-state index in [9.17, 15) is 0 Å². The molecule has 1 rings (SSSR count). The van der Waals surface area contributed by atoms with Gasteiger partial charge in [-0.2, -0.15) is 0 Å². The van der Waals surface area contributed by atoms with Crippen molar-refractivity contribution in [3.63, 3.8) is 0 Å². The van der Waals surface area contributed by atoms with Gasteiger partial charge < -0.3 is 10.1 Å². The van der Waals surface area contributed by atoms with Crippen molar-refractivity contribution in [3.05, 3.63) is 34.3 Å². The normalized spacial score (nSPS) is 12.8. The molecular weight excluding hydrogens is 326 g/mol. The third-order valence-electron chi connectivity index (χ3n) is 3.56. The molecule has 0 heterocycles. The van der Waals surface area contributed by atoms with Crippen molar-refractivity contribution in [3.8, 4) is 0 Å². The molecule has 0 aliphatic carbocycles. The summed E-state index contributed by atoms with van der Waals surface area (Å²) in [6.45, 7) is 10.5. The van der Waals surface area contributed by atoms with Crippen LogP contribution in [0.15, 0.2) is 28.7 Å². The Morgan fingerprint density at radius 1 is 1.19 bits per heavy atom. The maximum Gasteiger partial charge on any atom is 0.0466 e. The highest BCUT2D eigenvalue weighted by Gasteiger charge is 2.11. The topological polar surface area (TPSA) is 21.3 Å². The van der Waals surface area contributed by atoms with Crippen LogP contribution in [0.5, 0.6) is 0 Å². The second kappa shape index (κ2) is 11.2. The van der Waals surface area contributed by atoms with Crippen molar-refractivity contribution in [2.75, 3.05) is 26.3 Å². The molecule has 120 valence electrons. The Morgan fingerprint density at radius 2 is 1.95 bits per heavy atom. The van der Waals surface area contributed by atoms with Crippen LogP contribution >= 0.6 is 15.9 Å². The molecular formula is C18H30BrNO. The van der Waals surface area contributed by atoms with Gasteiger partial charge in [-0.3, -0.25) is 0 Å². The summed E-state index contributed by atoms with van der Waals surface area (Å²) in [4.78, 5) is 0. The van der Waals surface area contributed by atoms with Gasteiger partial charge in [0.1, 0.15) is 0 Å². The van der Waals surface area contributed by atoms with Gasteiger partial charge in [-0.15, -0.1) is 0 Å². The molecule has 1 aromatic carbocycles. The van der Waals surface area contributed by atoms with Gasteiger partial charge in [0.2, 0.25) is 0 Å². The highest BCUT2D eigenvalue weighted by molar-refractivity contribution is 9.10. The summed E-state index contributed by atoms with van der Waals surface area (Å²) in [6.07, 6.45) is 3.48. The Balaban J connectivity index is 2.47. The lowest BCUT2D eigenvalue weighted by molar-refractivity contribution is 0.139. The van der Waals surface area contributed by atoms with Gasteiger partial charge in [-0.05, 0) is 62.7 Å². The van der Waals surface area contributed by atoms with E-state index >= 15 is 0 Å². The highest BCUT2D eigenvalue weighted by atomic mass is 79.9. The summed E-state index contributed by atoms with van der Waals surface area (Å²) < 4.78 is 6.70. The van der Waals surface area contributed by atoms with Crippen LogP contribution in [0, 0.1) is 11.8 Å². The van der Waals surface area contributed by atoms with Crippen molar-refractivity contribution in [2.24, 2.45) is 11.8 Å². The second-order valence-corrected chi connectivity index (χ2v) is 6.91. The molecule has 0 radical (unpaired) electrons. The van der Waals surface area contributed by atoms with E-state index in [1.165, 1.54) is 16.5 Å². The van der Waals surface area contributed by atoms with Gasteiger partial charge in [0.05, 0.1) is 0 Å². The molecule has 0 amide bonds. The van der Waals surface area contributed by atoms with Gasteiger partial charge in [0.25, 0.3) is 0 Å². The molecule has 0 saturated carbocycles. The lowest BCUT2D eigenvalue weighted by atomic mass is 9.94. The molecule has 1 N–H and O–H groups in total. The van der Waals surface area contributed by atoms with Crippen LogP contribution in [0.1, 0.15) is 39.2 Å². The predicted octanol–water partition coefficient (Wildman–Crippen LogP) is 4.67. The Bertz CT molecular complexity index is 381. The quantitative estimate of drug-likeness (QED) is 0.582. The fraction of sp³-hybridized carbons (Fsp3) is 0.667. The molecule has 0 aromatic heterocycles. The van der Waals surface area contributed by atoms with E-state index in [1.807, 2.05) is 0 Å². The minimum Gasteiger partial charge on any atom is -0.382 e. The van der Waals surface area contributed by atoms with Crippen LogP contribution in [0.25, 0.3) is 0 Å². The fourth-order valence-corrected chi connectivity index (χ4v) is 2.89. The SMILES string of the molecule is CCOCCCC(CNCC(C)C)Cc1ccccc1Br. The molecule has 3 heteroatoms. The Kier molecular flexibility index (Phi) is 9.98. The van der Waals surface area contributed by atoms with E-state index < -0.39 is 0 Å². The number of hydrogen-bond acceptors (Lipinski definition) is 2. The second-order valence-electron chi connectivity index (χ2n) is 6.05. The van der Waals surface area contributed by atoms with Gasteiger partial charge >= 0.3 is 0 Å². The molecule has 0 aliphatic rings. The first kappa shape index (κ1) is 18.7. The van der Waals surface area contributed by atoms with Crippen LogP contribution in [0.4, 0.5) is 0 Å². The molecule has 0 saturated heterocycles.